The van der Waals surface area contributed by atoms with Gasteiger partial charge < -0.3 is 20.1 Å². The first kappa shape index (κ1) is 23.4. The highest BCUT2D eigenvalue weighted by molar-refractivity contribution is 6.01. The molecule has 0 saturated heterocycles. The summed E-state index contributed by atoms with van der Waals surface area (Å²) in [5.41, 5.74) is 5.07. The number of ketones is 1. The summed E-state index contributed by atoms with van der Waals surface area (Å²) in [5, 5.41) is 18.2. The molecule has 1 aliphatic heterocycles. The van der Waals surface area contributed by atoms with E-state index >= 15 is 0 Å². The summed E-state index contributed by atoms with van der Waals surface area (Å²) in [6.45, 7) is 2.46. The number of hydrogen-bond donors (Lipinski definition) is 2. The number of ether oxygens (including phenoxy) is 2. The lowest BCUT2D eigenvalue weighted by molar-refractivity contribution is -0.384. The first-order valence-electron chi connectivity index (χ1n) is 11.9. The molecular formula is C28H27N3O5. The molecule has 1 heterocycles. The Morgan fingerprint density at radius 3 is 2.39 bits per heavy atom. The lowest BCUT2D eigenvalue weighted by Gasteiger charge is -2.30. The number of benzene rings is 3. The highest BCUT2D eigenvalue weighted by atomic mass is 16.6. The van der Waals surface area contributed by atoms with Crippen LogP contribution in [0.1, 0.15) is 42.9 Å². The molecule has 8 nitrogen and oxygen atoms in total. The minimum atomic E-state index is -0.430. The molecule has 5 rings (SSSR count). The number of nitrogens with one attached hydrogen (secondary N) is 2. The van der Waals surface area contributed by atoms with E-state index in [0.717, 1.165) is 28.2 Å². The van der Waals surface area contributed by atoms with Crippen molar-refractivity contribution < 1.29 is 19.2 Å². The van der Waals surface area contributed by atoms with Crippen LogP contribution in [0.3, 0.4) is 0 Å². The van der Waals surface area contributed by atoms with E-state index in [-0.39, 0.29) is 17.4 Å². The Morgan fingerprint density at radius 1 is 0.972 bits per heavy atom. The number of anilines is 2. The van der Waals surface area contributed by atoms with Crippen LogP contribution in [0.2, 0.25) is 0 Å². The largest absolute Gasteiger partial charge is 0.493 e. The summed E-state index contributed by atoms with van der Waals surface area (Å²) < 4.78 is 11.2. The average molecular weight is 486 g/mol. The topological polar surface area (TPSA) is 103 Å². The zero-order valence-corrected chi connectivity index (χ0v) is 20.1. The molecule has 0 bridgehead atoms. The van der Waals surface area contributed by atoms with E-state index in [1.165, 1.54) is 12.1 Å². The lowest BCUT2D eigenvalue weighted by Crippen LogP contribution is -2.26. The Kier molecular flexibility index (Phi) is 6.33. The number of non-ortho nitro benzene ring substituents is 1. The van der Waals surface area contributed by atoms with Crippen LogP contribution >= 0.6 is 0 Å². The van der Waals surface area contributed by atoms with Gasteiger partial charge in [0.25, 0.3) is 5.69 Å². The third kappa shape index (κ3) is 4.37. The smallest absolute Gasteiger partial charge is 0.269 e. The molecule has 2 N–H and O–H groups in total. The molecule has 184 valence electrons. The van der Waals surface area contributed by atoms with E-state index in [1.54, 1.807) is 19.2 Å². The van der Waals surface area contributed by atoms with Gasteiger partial charge in [-0.05, 0) is 66.8 Å². The molecular weight excluding hydrogens is 458 g/mol. The molecule has 0 fully saturated rings. The predicted octanol–water partition coefficient (Wildman–Crippen LogP) is 5.98. The molecule has 0 aromatic heterocycles. The maximum Gasteiger partial charge on any atom is 0.269 e. The van der Waals surface area contributed by atoms with Crippen LogP contribution in [0.15, 0.2) is 78.0 Å². The monoisotopic (exact) mass is 485 g/mol. The van der Waals surface area contributed by atoms with Crippen molar-refractivity contribution in [1.82, 2.24) is 0 Å². The second-order valence-electron chi connectivity index (χ2n) is 8.86. The molecule has 0 saturated carbocycles. The van der Waals surface area contributed by atoms with Crippen LogP contribution in [0.4, 0.5) is 17.1 Å². The third-order valence-electron chi connectivity index (χ3n) is 6.71. The van der Waals surface area contributed by atoms with Gasteiger partial charge in [0.2, 0.25) is 0 Å². The number of nitro groups is 1. The van der Waals surface area contributed by atoms with Crippen molar-refractivity contribution >= 4 is 22.8 Å². The van der Waals surface area contributed by atoms with Crippen molar-refractivity contribution in [3.63, 3.8) is 0 Å². The third-order valence-corrected chi connectivity index (χ3v) is 6.71. The van der Waals surface area contributed by atoms with Gasteiger partial charge in [0.15, 0.2) is 17.3 Å². The number of Topliss-reactive ketones (excluding diaryl/α,β-unsaturated/α-hetero) is 1. The van der Waals surface area contributed by atoms with Gasteiger partial charge in [0.1, 0.15) is 0 Å². The van der Waals surface area contributed by atoms with Crippen LogP contribution in [-0.4, -0.2) is 24.4 Å². The van der Waals surface area contributed by atoms with Gasteiger partial charge in [-0.1, -0.05) is 18.2 Å². The molecule has 8 heteroatoms. The Balaban J connectivity index is 1.55. The Bertz CT molecular complexity index is 1350. The molecule has 2 atom stereocenters. The summed E-state index contributed by atoms with van der Waals surface area (Å²) in [5.74, 6) is 1.32. The Hall–Kier alpha value is -4.33. The Morgan fingerprint density at radius 2 is 1.69 bits per heavy atom. The lowest BCUT2D eigenvalue weighted by atomic mass is 9.78. The normalized spacial score (nSPS) is 18.8. The van der Waals surface area contributed by atoms with E-state index in [9.17, 15) is 14.9 Å². The predicted molar refractivity (Wildman–Crippen MR) is 138 cm³/mol. The number of nitro benzene ring substituents is 1. The van der Waals surface area contributed by atoms with Crippen molar-refractivity contribution in [2.75, 3.05) is 24.4 Å². The first-order chi connectivity index (χ1) is 17.5. The fourth-order valence-corrected chi connectivity index (χ4v) is 4.98. The second-order valence-corrected chi connectivity index (χ2v) is 8.86. The molecule has 1 aliphatic carbocycles. The molecule has 2 aliphatic rings. The summed E-state index contributed by atoms with van der Waals surface area (Å²) >= 11 is 0. The minimum Gasteiger partial charge on any atom is -0.493 e. The van der Waals surface area contributed by atoms with Crippen molar-refractivity contribution in [3.8, 4) is 11.5 Å². The number of allylic oxidation sites excluding steroid dienone is 1. The second kappa shape index (κ2) is 9.73. The van der Waals surface area contributed by atoms with Crippen molar-refractivity contribution in [3.05, 3.63) is 99.2 Å². The maximum atomic E-state index is 13.7. The van der Waals surface area contributed by atoms with Gasteiger partial charge >= 0.3 is 0 Å². The van der Waals surface area contributed by atoms with E-state index in [1.807, 2.05) is 49.4 Å². The van der Waals surface area contributed by atoms with E-state index < -0.39 is 11.0 Å². The number of carbonyl (C=O) groups is 1. The van der Waals surface area contributed by atoms with Crippen molar-refractivity contribution in [2.24, 2.45) is 0 Å². The highest BCUT2D eigenvalue weighted by Gasteiger charge is 2.36. The van der Waals surface area contributed by atoms with Gasteiger partial charge in [-0.25, -0.2) is 0 Å². The zero-order valence-electron chi connectivity index (χ0n) is 20.1. The quantitative estimate of drug-likeness (QED) is 0.327. The number of rotatable bonds is 6. The summed E-state index contributed by atoms with van der Waals surface area (Å²) in [6, 6.07) is 19.6. The van der Waals surface area contributed by atoms with E-state index in [0.29, 0.717) is 36.5 Å². The van der Waals surface area contributed by atoms with Gasteiger partial charge in [-0.15, -0.1) is 0 Å². The number of fused-ring (bicyclic) bond motifs is 1. The highest BCUT2D eigenvalue weighted by Crippen LogP contribution is 2.45. The van der Waals surface area contributed by atoms with E-state index in [2.05, 4.69) is 10.6 Å². The maximum absolute atomic E-state index is 13.7. The molecule has 0 unspecified atom stereocenters. The molecule has 3 aromatic rings. The zero-order chi connectivity index (χ0) is 25.2. The molecule has 36 heavy (non-hydrogen) atoms. The number of methoxy groups -OCH3 is 1. The number of carbonyl (C=O) groups excluding carboxylic acids is 1. The number of para-hydroxylation sites is 2. The summed E-state index contributed by atoms with van der Waals surface area (Å²) in [4.78, 5) is 24.4. The molecule has 3 aromatic carbocycles. The minimum absolute atomic E-state index is 0.0135. The van der Waals surface area contributed by atoms with Crippen LogP contribution in [0, 0.1) is 10.1 Å². The first-order valence-corrected chi connectivity index (χ1v) is 11.9. The van der Waals surface area contributed by atoms with Crippen LogP contribution in [0.5, 0.6) is 11.5 Å². The molecule has 0 amide bonds. The average Bonchev–Trinajstić information content (AvgIpc) is 3.06. The van der Waals surface area contributed by atoms with Gasteiger partial charge in [-0.2, -0.15) is 0 Å². The Labute approximate surface area is 209 Å². The van der Waals surface area contributed by atoms with Gasteiger partial charge in [-0.3, -0.25) is 14.9 Å². The van der Waals surface area contributed by atoms with Crippen molar-refractivity contribution in [1.29, 1.82) is 0 Å². The summed E-state index contributed by atoms with van der Waals surface area (Å²) in [7, 11) is 1.61. The van der Waals surface area contributed by atoms with Crippen LogP contribution < -0.4 is 20.1 Å². The van der Waals surface area contributed by atoms with E-state index in [4.69, 9.17) is 9.47 Å². The molecule has 0 radical (unpaired) electrons. The number of nitrogens with zero attached hydrogens (tertiary/aromatic N) is 1. The SMILES string of the molecule is CCOc1ccc([C@@H]2CC(=O)C3=C(C2)Nc2ccccc2N[C@H]3c2ccc([N+](=O)[O-])cc2)cc1OC. The number of hydrogen-bond acceptors (Lipinski definition) is 7. The van der Waals surface area contributed by atoms with Crippen LogP contribution in [0.25, 0.3) is 0 Å². The standard InChI is InChI=1S/C28H27N3O5/c1-3-36-25-13-10-18(16-26(25)35-2)19-14-23-27(24(32)15-19)28(17-8-11-20(12-9-17)31(33)34)30-22-7-5-4-6-21(22)29-23/h4-13,16,19,28-30H,3,14-15H2,1-2H3/t19-,28-/m0/s1. The van der Waals surface area contributed by atoms with Crippen LogP contribution in [-0.2, 0) is 4.79 Å². The summed E-state index contributed by atoms with van der Waals surface area (Å²) in [6.07, 6.45) is 0.983. The fraction of sp³-hybridized carbons (Fsp3) is 0.250. The van der Waals surface area contributed by atoms with Gasteiger partial charge in [0.05, 0.1) is 36.1 Å². The van der Waals surface area contributed by atoms with Crippen molar-refractivity contribution in [2.45, 2.75) is 31.7 Å². The molecule has 0 spiro atoms. The fourth-order valence-electron chi connectivity index (χ4n) is 4.98. The van der Waals surface area contributed by atoms with Gasteiger partial charge in [0, 0.05) is 29.8 Å².